The summed E-state index contributed by atoms with van der Waals surface area (Å²) in [6.07, 6.45) is 1.34. The molecular formula is C18H25N3O2S. The van der Waals surface area contributed by atoms with E-state index in [0.717, 1.165) is 29.4 Å². The van der Waals surface area contributed by atoms with Gasteiger partial charge in [-0.25, -0.2) is 4.68 Å². The highest BCUT2D eigenvalue weighted by atomic mass is 32.2. The molecule has 0 aliphatic heterocycles. The quantitative estimate of drug-likeness (QED) is 0.572. The molecule has 0 atom stereocenters. The minimum absolute atomic E-state index is 0.0344. The average molecular weight is 347 g/mol. The van der Waals surface area contributed by atoms with E-state index >= 15 is 0 Å². The lowest BCUT2D eigenvalue weighted by atomic mass is 10.3. The third-order valence-electron chi connectivity index (χ3n) is 3.49. The van der Waals surface area contributed by atoms with Crippen molar-refractivity contribution in [1.29, 1.82) is 0 Å². The van der Waals surface area contributed by atoms with Gasteiger partial charge in [-0.2, -0.15) is 5.10 Å². The number of benzene rings is 1. The van der Waals surface area contributed by atoms with Gasteiger partial charge >= 0.3 is 0 Å². The molecule has 1 amide bonds. The summed E-state index contributed by atoms with van der Waals surface area (Å²) in [5.74, 6) is 2.57. The van der Waals surface area contributed by atoms with E-state index in [1.54, 1.807) is 18.9 Å². The van der Waals surface area contributed by atoms with Gasteiger partial charge in [-0.1, -0.05) is 0 Å². The lowest BCUT2D eigenvalue weighted by Gasteiger charge is -2.11. The Balaban J connectivity index is 1.75. The largest absolute Gasteiger partial charge is 0.497 e. The van der Waals surface area contributed by atoms with Crippen LogP contribution in [0, 0.1) is 6.92 Å². The van der Waals surface area contributed by atoms with Crippen molar-refractivity contribution in [2.75, 3.05) is 18.2 Å². The van der Waals surface area contributed by atoms with E-state index in [0.29, 0.717) is 6.42 Å². The normalized spacial score (nSPS) is 10.9. The molecule has 1 N–H and O–H groups in total. The number of nitrogens with zero attached hydrogens (tertiary/aromatic N) is 2. The molecule has 0 aliphatic rings. The number of ether oxygens (including phenoxy) is 1. The lowest BCUT2D eigenvalue weighted by molar-refractivity contribution is -0.116. The zero-order chi connectivity index (χ0) is 17.5. The minimum Gasteiger partial charge on any atom is -0.497 e. The average Bonchev–Trinajstić information content (AvgIpc) is 2.93. The molecule has 0 unspecified atom stereocenters. The van der Waals surface area contributed by atoms with Crippen LogP contribution in [-0.2, 0) is 4.79 Å². The zero-order valence-electron chi connectivity index (χ0n) is 14.7. The number of nitrogens with one attached hydrogen (secondary N) is 1. The van der Waals surface area contributed by atoms with Crippen LogP contribution in [0.25, 0.3) is 0 Å². The molecule has 1 heterocycles. The summed E-state index contributed by atoms with van der Waals surface area (Å²) in [4.78, 5) is 13.3. The Morgan fingerprint density at radius 1 is 1.33 bits per heavy atom. The van der Waals surface area contributed by atoms with Gasteiger partial charge in [0.25, 0.3) is 0 Å². The third-order valence-corrected chi connectivity index (χ3v) is 4.59. The van der Waals surface area contributed by atoms with Gasteiger partial charge in [0.2, 0.25) is 5.91 Å². The van der Waals surface area contributed by atoms with E-state index in [9.17, 15) is 4.79 Å². The van der Waals surface area contributed by atoms with Gasteiger partial charge in [-0.05, 0) is 57.2 Å². The molecule has 0 aliphatic carbocycles. The number of aryl methyl sites for hydroxylation is 1. The van der Waals surface area contributed by atoms with Gasteiger partial charge in [-0.15, -0.1) is 11.8 Å². The van der Waals surface area contributed by atoms with Crippen molar-refractivity contribution in [2.45, 2.75) is 44.6 Å². The maximum Gasteiger partial charge on any atom is 0.225 e. The van der Waals surface area contributed by atoms with E-state index in [-0.39, 0.29) is 11.9 Å². The van der Waals surface area contributed by atoms with Crippen LogP contribution >= 0.6 is 11.8 Å². The Morgan fingerprint density at radius 2 is 2.04 bits per heavy atom. The number of thioether (sulfide) groups is 1. The number of methoxy groups -OCH3 is 1. The summed E-state index contributed by atoms with van der Waals surface area (Å²) < 4.78 is 6.99. The van der Waals surface area contributed by atoms with Crippen LogP contribution in [0.5, 0.6) is 5.75 Å². The molecule has 0 saturated heterocycles. The van der Waals surface area contributed by atoms with Gasteiger partial charge in [0, 0.05) is 23.4 Å². The Kier molecular flexibility index (Phi) is 6.73. The molecule has 2 aromatic rings. The second-order valence-electron chi connectivity index (χ2n) is 5.88. The molecule has 0 saturated carbocycles. The summed E-state index contributed by atoms with van der Waals surface area (Å²) >= 11 is 1.75. The van der Waals surface area contributed by atoms with E-state index < -0.39 is 0 Å². The first-order valence-electron chi connectivity index (χ1n) is 8.12. The molecule has 5 nitrogen and oxygen atoms in total. The highest BCUT2D eigenvalue weighted by Gasteiger charge is 2.11. The van der Waals surface area contributed by atoms with E-state index in [4.69, 9.17) is 4.74 Å². The van der Waals surface area contributed by atoms with Crippen molar-refractivity contribution < 1.29 is 9.53 Å². The molecule has 0 spiro atoms. The first-order valence-corrected chi connectivity index (χ1v) is 9.11. The van der Waals surface area contributed by atoms with Crippen LogP contribution in [0.4, 0.5) is 5.82 Å². The number of anilines is 1. The van der Waals surface area contributed by atoms with Crippen molar-refractivity contribution in [2.24, 2.45) is 0 Å². The lowest BCUT2D eigenvalue weighted by Crippen LogP contribution is -2.16. The van der Waals surface area contributed by atoms with Crippen LogP contribution in [0.1, 0.15) is 38.4 Å². The van der Waals surface area contributed by atoms with Crippen molar-refractivity contribution in [1.82, 2.24) is 9.78 Å². The number of aromatic nitrogens is 2. The van der Waals surface area contributed by atoms with Crippen LogP contribution in [-0.4, -0.2) is 28.6 Å². The highest BCUT2D eigenvalue weighted by molar-refractivity contribution is 7.99. The second kappa shape index (κ2) is 8.78. The van der Waals surface area contributed by atoms with Gasteiger partial charge in [0.15, 0.2) is 0 Å². The minimum atomic E-state index is 0.0344. The smallest absolute Gasteiger partial charge is 0.225 e. The molecule has 6 heteroatoms. The Morgan fingerprint density at radius 3 is 2.67 bits per heavy atom. The maximum atomic E-state index is 12.1. The fourth-order valence-corrected chi connectivity index (χ4v) is 3.16. The molecule has 0 bridgehead atoms. The van der Waals surface area contributed by atoms with Crippen molar-refractivity contribution in [3.63, 3.8) is 0 Å². The molecule has 1 aromatic heterocycles. The first kappa shape index (κ1) is 18.4. The van der Waals surface area contributed by atoms with Crippen molar-refractivity contribution in [3.8, 4) is 5.75 Å². The van der Waals surface area contributed by atoms with Gasteiger partial charge in [0.1, 0.15) is 11.6 Å². The van der Waals surface area contributed by atoms with Crippen LogP contribution in [0.15, 0.2) is 35.2 Å². The number of rotatable bonds is 8. The summed E-state index contributed by atoms with van der Waals surface area (Å²) in [6.45, 7) is 6.03. The third kappa shape index (κ3) is 5.30. The second-order valence-corrected chi connectivity index (χ2v) is 7.05. The molecular weight excluding hydrogens is 322 g/mol. The molecule has 2 rings (SSSR count). The van der Waals surface area contributed by atoms with E-state index in [1.165, 1.54) is 4.90 Å². The summed E-state index contributed by atoms with van der Waals surface area (Å²) in [7, 11) is 1.66. The standard InChI is InChI=1S/C18H25N3O2S/c1-13(2)21-17(12-14(3)20-21)19-18(22)6-5-11-24-16-9-7-15(23-4)8-10-16/h7-10,12-13H,5-6,11H2,1-4H3,(H,19,22). The summed E-state index contributed by atoms with van der Waals surface area (Å²) in [5, 5.41) is 7.36. The summed E-state index contributed by atoms with van der Waals surface area (Å²) in [6, 6.07) is 10.1. The predicted molar refractivity (Wildman–Crippen MR) is 98.9 cm³/mol. The van der Waals surface area contributed by atoms with Crippen molar-refractivity contribution >= 4 is 23.5 Å². The topological polar surface area (TPSA) is 56.1 Å². The van der Waals surface area contributed by atoms with E-state index in [1.807, 2.05) is 55.8 Å². The van der Waals surface area contributed by atoms with Gasteiger partial charge in [-0.3, -0.25) is 4.79 Å². The van der Waals surface area contributed by atoms with E-state index in [2.05, 4.69) is 10.4 Å². The number of hydrogen-bond acceptors (Lipinski definition) is 4. The first-order chi connectivity index (χ1) is 11.5. The van der Waals surface area contributed by atoms with Crippen LogP contribution < -0.4 is 10.1 Å². The molecule has 0 radical (unpaired) electrons. The van der Waals surface area contributed by atoms with Gasteiger partial charge in [0.05, 0.1) is 12.8 Å². The number of hydrogen-bond donors (Lipinski definition) is 1. The zero-order valence-corrected chi connectivity index (χ0v) is 15.5. The van der Waals surface area contributed by atoms with Crippen LogP contribution in [0.3, 0.4) is 0 Å². The molecule has 130 valence electrons. The monoisotopic (exact) mass is 347 g/mol. The summed E-state index contributed by atoms with van der Waals surface area (Å²) in [5.41, 5.74) is 0.911. The SMILES string of the molecule is COc1ccc(SCCCC(=O)Nc2cc(C)nn2C(C)C)cc1. The fraction of sp³-hybridized carbons (Fsp3) is 0.444. The Hall–Kier alpha value is -1.95. The molecule has 24 heavy (non-hydrogen) atoms. The number of carbonyl (C=O) groups excluding carboxylic acids is 1. The Bertz CT molecular complexity index is 665. The highest BCUT2D eigenvalue weighted by Crippen LogP contribution is 2.22. The van der Waals surface area contributed by atoms with Gasteiger partial charge < -0.3 is 10.1 Å². The van der Waals surface area contributed by atoms with Crippen LogP contribution in [0.2, 0.25) is 0 Å². The fourth-order valence-electron chi connectivity index (χ4n) is 2.30. The molecule has 1 aromatic carbocycles. The Labute approximate surface area is 147 Å². The maximum absolute atomic E-state index is 12.1. The molecule has 0 fully saturated rings. The number of carbonyl (C=O) groups is 1. The van der Waals surface area contributed by atoms with Crippen molar-refractivity contribution in [3.05, 3.63) is 36.0 Å². The predicted octanol–water partition coefficient (Wildman–Crippen LogP) is 4.29. The number of amides is 1.